The maximum Gasteiger partial charge on any atom is 0.335 e. The van der Waals surface area contributed by atoms with Crippen molar-refractivity contribution in [1.82, 2.24) is 5.16 Å². The van der Waals surface area contributed by atoms with Gasteiger partial charge in [-0.25, -0.2) is 4.39 Å². The Bertz CT molecular complexity index is 630. The smallest absolute Gasteiger partial charge is 0.335 e. The maximum absolute atomic E-state index is 12.9. The van der Waals surface area contributed by atoms with Gasteiger partial charge in [-0.1, -0.05) is 49.1 Å². The van der Waals surface area contributed by atoms with Gasteiger partial charge in [-0.15, -0.1) is 0 Å². The van der Waals surface area contributed by atoms with Crippen LogP contribution in [0.15, 0.2) is 28.8 Å². The van der Waals surface area contributed by atoms with Crippen molar-refractivity contribution in [2.75, 3.05) is 0 Å². The molecule has 0 radical (unpaired) electrons. The van der Waals surface area contributed by atoms with Gasteiger partial charge in [-0.05, 0) is 24.6 Å². The minimum atomic E-state index is -0.528. The van der Waals surface area contributed by atoms with E-state index in [2.05, 4.69) is 37.0 Å². The summed E-state index contributed by atoms with van der Waals surface area (Å²) in [5, 5.41) is 14.7. The third-order valence-electron chi connectivity index (χ3n) is 2.74. The zero-order valence-corrected chi connectivity index (χ0v) is 13.4. The number of hydrogen-bond acceptors (Lipinski definition) is 4. The standard InChI is InChI=1S/C12H9Br2FN2O3/c1-6-11(17(18)19)12(20-16-6)10(14)9(13)7-2-4-8(15)5-3-7/h2-5,9-10H,1H3/t9-,10-/m0/s1. The predicted octanol–water partition coefficient (Wildman–Crippen LogP) is 4.60. The molecule has 1 aromatic heterocycles. The first-order chi connectivity index (χ1) is 9.41. The first-order valence-electron chi connectivity index (χ1n) is 5.56. The van der Waals surface area contributed by atoms with E-state index in [0.717, 1.165) is 5.56 Å². The van der Waals surface area contributed by atoms with Crippen molar-refractivity contribution in [2.45, 2.75) is 16.6 Å². The number of aromatic nitrogens is 1. The second kappa shape index (κ2) is 6.01. The highest BCUT2D eigenvalue weighted by Gasteiger charge is 2.33. The molecular formula is C12H9Br2FN2O3. The zero-order chi connectivity index (χ0) is 14.9. The number of nitro groups is 1. The third-order valence-corrected chi connectivity index (χ3v) is 5.45. The highest BCUT2D eigenvalue weighted by atomic mass is 79.9. The molecule has 1 aromatic carbocycles. The summed E-state index contributed by atoms with van der Waals surface area (Å²) < 4.78 is 17.9. The van der Waals surface area contributed by atoms with Crippen LogP contribution >= 0.6 is 31.9 Å². The van der Waals surface area contributed by atoms with E-state index < -0.39 is 9.75 Å². The summed E-state index contributed by atoms with van der Waals surface area (Å²) in [6, 6.07) is 5.84. The minimum absolute atomic E-state index is 0.124. The summed E-state index contributed by atoms with van der Waals surface area (Å²) in [7, 11) is 0. The van der Waals surface area contributed by atoms with E-state index in [-0.39, 0.29) is 27.8 Å². The lowest BCUT2D eigenvalue weighted by Gasteiger charge is -2.14. The molecular weight excluding hydrogens is 399 g/mol. The van der Waals surface area contributed by atoms with E-state index >= 15 is 0 Å². The van der Waals surface area contributed by atoms with Crippen molar-refractivity contribution in [1.29, 1.82) is 0 Å². The summed E-state index contributed by atoms with van der Waals surface area (Å²) in [4.78, 5) is 9.67. The Balaban J connectivity index is 2.33. The molecule has 0 aliphatic carbocycles. The van der Waals surface area contributed by atoms with Crippen LogP contribution in [0.1, 0.15) is 26.7 Å². The third kappa shape index (κ3) is 2.90. The van der Waals surface area contributed by atoms with Crippen LogP contribution in [0.4, 0.5) is 10.1 Å². The SMILES string of the molecule is Cc1noc([C@@H](Br)[C@@H](Br)c2ccc(F)cc2)c1[N+](=O)[O-]. The van der Waals surface area contributed by atoms with Crippen molar-refractivity contribution in [3.63, 3.8) is 0 Å². The molecule has 0 aliphatic rings. The molecule has 5 nitrogen and oxygen atoms in total. The van der Waals surface area contributed by atoms with Crippen molar-refractivity contribution in [3.8, 4) is 0 Å². The van der Waals surface area contributed by atoms with Crippen LogP contribution in [0.2, 0.25) is 0 Å². The fraction of sp³-hybridized carbons (Fsp3) is 0.250. The second-order valence-electron chi connectivity index (χ2n) is 4.09. The molecule has 8 heteroatoms. The van der Waals surface area contributed by atoms with Gasteiger partial charge in [0, 0.05) is 0 Å². The van der Waals surface area contributed by atoms with Crippen molar-refractivity contribution in [2.24, 2.45) is 0 Å². The minimum Gasteiger partial charge on any atom is -0.352 e. The number of rotatable bonds is 4. The van der Waals surface area contributed by atoms with Crippen LogP contribution in [-0.4, -0.2) is 10.1 Å². The predicted molar refractivity (Wildman–Crippen MR) is 77.6 cm³/mol. The quantitative estimate of drug-likeness (QED) is 0.421. The van der Waals surface area contributed by atoms with Crippen molar-refractivity contribution in [3.05, 3.63) is 57.2 Å². The summed E-state index contributed by atoms with van der Waals surface area (Å²) in [6.07, 6.45) is 0. The molecule has 2 atom stereocenters. The Morgan fingerprint density at radius 3 is 2.45 bits per heavy atom. The topological polar surface area (TPSA) is 69.2 Å². The van der Waals surface area contributed by atoms with Gasteiger partial charge >= 0.3 is 5.69 Å². The molecule has 0 spiro atoms. The first kappa shape index (κ1) is 15.1. The second-order valence-corrected chi connectivity index (χ2v) is 6.07. The fourth-order valence-corrected chi connectivity index (χ4v) is 2.88. The molecule has 2 rings (SSSR count). The van der Waals surface area contributed by atoms with E-state index in [4.69, 9.17) is 4.52 Å². The van der Waals surface area contributed by atoms with Gasteiger partial charge in [0.15, 0.2) is 5.69 Å². The van der Waals surface area contributed by atoms with E-state index in [1.165, 1.54) is 19.1 Å². The number of halogens is 3. The van der Waals surface area contributed by atoms with Crippen LogP contribution in [0, 0.1) is 22.9 Å². The maximum atomic E-state index is 12.9. The number of aryl methyl sites for hydroxylation is 1. The zero-order valence-electron chi connectivity index (χ0n) is 10.2. The van der Waals surface area contributed by atoms with E-state index in [0.29, 0.717) is 0 Å². The summed E-state index contributed by atoms with van der Waals surface area (Å²) in [5.41, 5.74) is 0.823. The number of benzene rings is 1. The van der Waals surface area contributed by atoms with Crippen molar-refractivity contribution < 1.29 is 13.8 Å². The summed E-state index contributed by atoms with van der Waals surface area (Å²) in [5.74, 6) is -0.222. The van der Waals surface area contributed by atoms with Gasteiger partial charge in [0.1, 0.15) is 5.82 Å². The highest BCUT2D eigenvalue weighted by Crippen LogP contribution is 2.45. The lowest BCUT2D eigenvalue weighted by Crippen LogP contribution is -2.02. The first-order valence-corrected chi connectivity index (χ1v) is 7.39. The molecule has 106 valence electrons. The van der Waals surface area contributed by atoms with Crippen LogP contribution < -0.4 is 0 Å². The lowest BCUT2D eigenvalue weighted by molar-refractivity contribution is -0.386. The monoisotopic (exact) mass is 406 g/mol. The normalized spacial score (nSPS) is 14.0. The van der Waals surface area contributed by atoms with Gasteiger partial charge in [0.05, 0.1) is 14.6 Å². The van der Waals surface area contributed by atoms with E-state index in [9.17, 15) is 14.5 Å². The Morgan fingerprint density at radius 2 is 1.90 bits per heavy atom. The molecule has 0 saturated carbocycles. The Labute approximate surface area is 130 Å². The largest absolute Gasteiger partial charge is 0.352 e. The Hall–Kier alpha value is -1.28. The van der Waals surface area contributed by atoms with Gasteiger partial charge in [-0.2, -0.15) is 0 Å². The van der Waals surface area contributed by atoms with Gasteiger partial charge in [0.2, 0.25) is 5.76 Å². The van der Waals surface area contributed by atoms with Gasteiger partial charge < -0.3 is 4.52 Å². The molecule has 0 saturated heterocycles. The average molecular weight is 408 g/mol. The summed E-state index contributed by atoms with van der Waals surface area (Å²) >= 11 is 6.79. The number of nitrogens with zero attached hydrogens (tertiary/aromatic N) is 2. The molecule has 2 aromatic rings. The van der Waals surface area contributed by atoms with Crippen molar-refractivity contribution >= 4 is 37.5 Å². The number of alkyl halides is 2. The van der Waals surface area contributed by atoms with Crippen LogP contribution in [0.5, 0.6) is 0 Å². The van der Waals surface area contributed by atoms with Crippen LogP contribution in [0.3, 0.4) is 0 Å². The van der Waals surface area contributed by atoms with E-state index in [1.807, 2.05) is 0 Å². The fourth-order valence-electron chi connectivity index (χ4n) is 1.73. The molecule has 0 aliphatic heterocycles. The molecule has 0 bridgehead atoms. The van der Waals surface area contributed by atoms with E-state index in [1.54, 1.807) is 12.1 Å². The molecule has 1 heterocycles. The number of hydrogen-bond donors (Lipinski definition) is 0. The molecule has 20 heavy (non-hydrogen) atoms. The Kier molecular flexibility index (Phi) is 4.54. The molecule has 0 N–H and O–H groups in total. The molecule has 0 amide bonds. The summed E-state index contributed by atoms with van der Waals surface area (Å²) in [6.45, 7) is 1.51. The van der Waals surface area contributed by atoms with Crippen LogP contribution in [-0.2, 0) is 0 Å². The Morgan fingerprint density at radius 1 is 1.30 bits per heavy atom. The molecule has 0 fully saturated rings. The molecule has 0 unspecified atom stereocenters. The highest BCUT2D eigenvalue weighted by molar-refractivity contribution is 9.12. The van der Waals surface area contributed by atoms with Crippen LogP contribution in [0.25, 0.3) is 0 Å². The van der Waals surface area contributed by atoms with Gasteiger partial charge in [-0.3, -0.25) is 10.1 Å². The average Bonchev–Trinajstić information content (AvgIpc) is 2.80. The lowest BCUT2D eigenvalue weighted by atomic mass is 10.1. The van der Waals surface area contributed by atoms with Gasteiger partial charge in [0.25, 0.3) is 0 Å².